The summed E-state index contributed by atoms with van der Waals surface area (Å²) >= 11 is 0. The van der Waals surface area contributed by atoms with Crippen molar-refractivity contribution in [3.63, 3.8) is 0 Å². The third-order valence-electron chi connectivity index (χ3n) is 18.0. The smallest absolute Gasteiger partial charge is 0.305 e. The molecule has 0 aromatic carbocycles. The molecule has 492 valence electrons. The Morgan fingerprint density at radius 2 is 0.602 bits per heavy atom. The molecule has 0 spiro atoms. The average Bonchev–Trinajstić information content (AvgIpc) is 3.49. The number of unbranched alkanes of at least 4 members (excludes halogenated alkanes) is 57. The van der Waals surface area contributed by atoms with Crippen LogP contribution in [0.25, 0.3) is 0 Å². The minimum atomic E-state index is -0.659. The Morgan fingerprint density at radius 3 is 0.928 bits per heavy atom. The maximum atomic E-state index is 12.5. The van der Waals surface area contributed by atoms with Crippen LogP contribution in [0.3, 0.4) is 0 Å². The number of amides is 1. The molecule has 0 aliphatic carbocycles. The number of hydrogen-bond donors (Lipinski definition) is 3. The van der Waals surface area contributed by atoms with E-state index in [1.807, 2.05) is 0 Å². The SMILES string of the molecule is CCCCCC/C=C\C/C=C\CCCCCCCCCC(=O)OCCCCCCCCCCCCCCCCCCCCCCCCCCCCCCCCCCCCCC(=O)NC(CO)C(O)CCCCCCCCCCCCCCC. The second-order valence-corrected chi connectivity index (χ2v) is 26.3. The van der Waals surface area contributed by atoms with Crippen LogP contribution >= 0.6 is 0 Å². The number of allylic oxidation sites excluding steroid dienone is 4. The fourth-order valence-corrected chi connectivity index (χ4v) is 12.2. The van der Waals surface area contributed by atoms with Gasteiger partial charge in [0.05, 0.1) is 25.4 Å². The standard InChI is InChI=1S/C77H149NO5/c1-3-5-7-9-11-13-15-17-18-19-40-43-47-51-55-59-63-67-71-77(82)83-72-68-64-60-56-52-48-44-41-38-36-34-32-30-28-26-24-22-20-21-23-25-27-29-31-33-35-37-39-42-46-50-54-58-62-66-70-76(81)78-74(73-79)75(80)69-65-61-57-53-49-45-16-14-12-10-8-6-4-2/h13,15,18-19,74-75,79-80H,3-12,14,16-17,20-73H2,1-2H3,(H,78,81)/b15-13-,19-18-. The summed E-state index contributed by atoms with van der Waals surface area (Å²) in [5.41, 5.74) is 0. The highest BCUT2D eigenvalue weighted by atomic mass is 16.5. The number of carbonyl (C=O) groups excluding carboxylic acids is 2. The molecule has 0 aliphatic rings. The highest BCUT2D eigenvalue weighted by molar-refractivity contribution is 5.76. The fourth-order valence-electron chi connectivity index (χ4n) is 12.2. The van der Waals surface area contributed by atoms with Crippen molar-refractivity contribution in [2.24, 2.45) is 0 Å². The molecule has 0 heterocycles. The van der Waals surface area contributed by atoms with Crippen molar-refractivity contribution in [3.8, 4) is 0 Å². The molecule has 0 rings (SSSR count). The van der Waals surface area contributed by atoms with Crippen LogP contribution in [0.1, 0.15) is 431 Å². The lowest BCUT2D eigenvalue weighted by molar-refractivity contribution is -0.143. The van der Waals surface area contributed by atoms with Crippen LogP contribution in [0.2, 0.25) is 0 Å². The molecule has 0 aliphatic heterocycles. The lowest BCUT2D eigenvalue weighted by Crippen LogP contribution is -2.45. The van der Waals surface area contributed by atoms with Gasteiger partial charge in [0.15, 0.2) is 0 Å². The molecule has 0 radical (unpaired) electrons. The number of nitrogens with one attached hydrogen (secondary N) is 1. The van der Waals surface area contributed by atoms with Gasteiger partial charge in [0, 0.05) is 12.8 Å². The summed E-state index contributed by atoms with van der Waals surface area (Å²) < 4.78 is 5.51. The maximum Gasteiger partial charge on any atom is 0.305 e. The quantitative estimate of drug-likeness (QED) is 0.0320. The van der Waals surface area contributed by atoms with Gasteiger partial charge in [-0.1, -0.05) is 385 Å². The van der Waals surface area contributed by atoms with E-state index in [2.05, 4.69) is 43.5 Å². The molecular weight excluding hydrogens is 1020 g/mol. The van der Waals surface area contributed by atoms with E-state index in [0.717, 1.165) is 51.4 Å². The molecule has 6 nitrogen and oxygen atoms in total. The summed E-state index contributed by atoms with van der Waals surface area (Å²) in [6.45, 7) is 4.97. The molecular formula is C77H149NO5. The Morgan fingerprint density at radius 1 is 0.337 bits per heavy atom. The normalized spacial score (nSPS) is 12.6. The zero-order valence-corrected chi connectivity index (χ0v) is 56.5. The summed E-state index contributed by atoms with van der Waals surface area (Å²) in [4.78, 5) is 24.6. The Balaban J connectivity index is 3.29. The van der Waals surface area contributed by atoms with Crippen molar-refractivity contribution in [2.75, 3.05) is 13.2 Å². The first-order valence-electron chi connectivity index (χ1n) is 38.1. The number of aliphatic hydroxyl groups is 2. The van der Waals surface area contributed by atoms with Crippen molar-refractivity contribution in [1.29, 1.82) is 0 Å². The van der Waals surface area contributed by atoms with E-state index in [1.54, 1.807) is 0 Å². The third kappa shape index (κ3) is 69.3. The lowest BCUT2D eigenvalue weighted by Gasteiger charge is -2.22. The molecule has 6 heteroatoms. The van der Waals surface area contributed by atoms with Gasteiger partial charge in [0.25, 0.3) is 0 Å². The van der Waals surface area contributed by atoms with Crippen LogP contribution in [0, 0.1) is 0 Å². The van der Waals surface area contributed by atoms with E-state index in [9.17, 15) is 19.8 Å². The van der Waals surface area contributed by atoms with Crippen LogP contribution in [0.4, 0.5) is 0 Å². The minimum absolute atomic E-state index is 0.0160. The number of hydrogen-bond acceptors (Lipinski definition) is 5. The Hall–Kier alpha value is -1.66. The molecule has 0 saturated carbocycles. The van der Waals surface area contributed by atoms with Crippen LogP contribution in [0.15, 0.2) is 24.3 Å². The average molecular weight is 1170 g/mol. The first-order valence-corrected chi connectivity index (χ1v) is 38.1. The van der Waals surface area contributed by atoms with E-state index in [-0.39, 0.29) is 18.5 Å². The third-order valence-corrected chi connectivity index (χ3v) is 18.0. The van der Waals surface area contributed by atoms with Gasteiger partial charge < -0.3 is 20.3 Å². The van der Waals surface area contributed by atoms with E-state index < -0.39 is 12.1 Å². The van der Waals surface area contributed by atoms with Gasteiger partial charge in [-0.2, -0.15) is 0 Å². The molecule has 0 fully saturated rings. The summed E-state index contributed by atoms with van der Waals surface area (Å²) in [5.74, 6) is -0.0112. The number of ether oxygens (including phenoxy) is 1. The van der Waals surface area contributed by atoms with Gasteiger partial charge >= 0.3 is 5.97 Å². The van der Waals surface area contributed by atoms with Crippen LogP contribution in [-0.4, -0.2) is 47.4 Å². The molecule has 0 saturated heterocycles. The van der Waals surface area contributed by atoms with Crippen LogP contribution in [0.5, 0.6) is 0 Å². The summed E-state index contributed by atoms with van der Waals surface area (Å²) in [5, 5.41) is 23.3. The van der Waals surface area contributed by atoms with Gasteiger partial charge in [-0.05, 0) is 57.8 Å². The van der Waals surface area contributed by atoms with E-state index >= 15 is 0 Å². The van der Waals surface area contributed by atoms with Crippen molar-refractivity contribution < 1.29 is 24.5 Å². The van der Waals surface area contributed by atoms with Gasteiger partial charge in [0.1, 0.15) is 0 Å². The highest BCUT2D eigenvalue weighted by Crippen LogP contribution is 2.20. The van der Waals surface area contributed by atoms with E-state index in [1.165, 1.54) is 347 Å². The van der Waals surface area contributed by atoms with Crippen LogP contribution < -0.4 is 5.32 Å². The number of esters is 1. The Bertz CT molecular complexity index is 1300. The first-order chi connectivity index (χ1) is 41.0. The molecule has 2 unspecified atom stereocenters. The molecule has 2 atom stereocenters. The second-order valence-electron chi connectivity index (χ2n) is 26.3. The van der Waals surface area contributed by atoms with Gasteiger partial charge in [-0.15, -0.1) is 0 Å². The molecule has 1 amide bonds. The van der Waals surface area contributed by atoms with Crippen molar-refractivity contribution in [1.82, 2.24) is 5.32 Å². The van der Waals surface area contributed by atoms with Crippen molar-refractivity contribution in [2.45, 2.75) is 443 Å². The molecule has 3 N–H and O–H groups in total. The topological polar surface area (TPSA) is 95.9 Å². The maximum absolute atomic E-state index is 12.5. The highest BCUT2D eigenvalue weighted by Gasteiger charge is 2.20. The zero-order valence-electron chi connectivity index (χ0n) is 56.5. The van der Waals surface area contributed by atoms with Crippen LogP contribution in [-0.2, 0) is 14.3 Å². The molecule has 0 bridgehead atoms. The number of carbonyl (C=O) groups is 2. The van der Waals surface area contributed by atoms with E-state index in [4.69, 9.17) is 4.74 Å². The lowest BCUT2D eigenvalue weighted by atomic mass is 10.0. The fraction of sp³-hybridized carbons (Fsp3) is 0.922. The molecule has 0 aromatic heterocycles. The molecule has 83 heavy (non-hydrogen) atoms. The Kier molecular flexibility index (Phi) is 71.4. The predicted octanol–water partition coefficient (Wildman–Crippen LogP) is 24.9. The van der Waals surface area contributed by atoms with Crippen molar-refractivity contribution in [3.05, 3.63) is 24.3 Å². The molecule has 0 aromatic rings. The van der Waals surface area contributed by atoms with Crippen molar-refractivity contribution >= 4 is 11.9 Å². The van der Waals surface area contributed by atoms with Gasteiger partial charge in [0.2, 0.25) is 5.91 Å². The van der Waals surface area contributed by atoms with Gasteiger partial charge in [-0.25, -0.2) is 0 Å². The van der Waals surface area contributed by atoms with E-state index in [0.29, 0.717) is 25.9 Å². The minimum Gasteiger partial charge on any atom is -0.466 e. The number of aliphatic hydroxyl groups excluding tert-OH is 2. The monoisotopic (exact) mass is 1170 g/mol. The Labute approximate surface area is 520 Å². The number of rotatable bonds is 72. The first kappa shape index (κ1) is 81.3. The van der Waals surface area contributed by atoms with Gasteiger partial charge in [-0.3, -0.25) is 9.59 Å². The largest absolute Gasteiger partial charge is 0.466 e. The summed E-state index contributed by atoms with van der Waals surface area (Å²) in [6.07, 6.45) is 92.7. The summed E-state index contributed by atoms with van der Waals surface area (Å²) in [7, 11) is 0. The zero-order chi connectivity index (χ0) is 59.9. The second kappa shape index (κ2) is 72.8. The predicted molar refractivity (Wildman–Crippen MR) is 366 cm³/mol. The summed E-state index contributed by atoms with van der Waals surface area (Å²) in [6, 6.07) is -0.536.